The van der Waals surface area contributed by atoms with Crippen LogP contribution in [0.3, 0.4) is 0 Å². The monoisotopic (exact) mass is 271 g/mol. The lowest BCUT2D eigenvalue weighted by Crippen LogP contribution is -2.71. The SMILES string of the molecule is CC1(C)COC(O)(c2cccc(Cl)c2)C(C)(O)N1. The largest absolute Gasteiger partial charge is 0.370 e. The van der Waals surface area contributed by atoms with Crippen molar-refractivity contribution in [3.8, 4) is 0 Å². The maximum Gasteiger partial charge on any atom is 0.236 e. The van der Waals surface area contributed by atoms with Gasteiger partial charge in [0.15, 0.2) is 5.72 Å². The summed E-state index contributed by atoms with van der Waals surface area (Å²) < 4.78 is 5.52. The second kappa shape index (κ2) is 4.18. The standard InChI is InChI=1S/C13H18ClNO3/c1-11(2)8-18-13(17,12(3,16)15-11)9-5-4-6-10(14)7-9/h4-7,15-17H,8H2,1-3H3. The Kier molecular flexibility index (Phi) is 3.20. The van der Waals surface area contributed by atoms with Gasteiger partial charge in [-0.15, -0.1) is 0 Å². The topological polar surface area (TPSA) is 61.7 Å². The Balaban J connectivity index is 2.42. The summed E-state index contributed by atoms with van der Waals surface area (Å²) in [6.07, 6.45) is 0. The van der Waals surface area contributed by atoms with Crippen molar-refractivity contribution in [1.29, 1.82) is 0 Å². The number of hydrogen-bond acceptors (Lipinski definition) is 4. The van der Waals surface area contributed by atoms with E-state index < -0.39 is 17.1 Å². The molecule has 5 heteroatoms. The molecule has 2 rings (SSSR count). The predicted molar refractivity (Wildman–Crippen MR) is 69.1 cm³/mol. The molecular formula is C13H18ClNO3. The van der Waals surface area contributed by atoms with Gasteiger partial charge < -0.3 is 14.9 Å². The maximum absolute atomic E-state index is 10.6. The van der Waals surface area contributed by atoms with Gasteiger partial charge in [-0.3, -0.25) is 5.32 Å². The van der Waals surface area contributed by atoms with E-state index in [0.717, 1.165) is 0 Å². The number of aliphatic hydroxyl groups is 2. The van der Waals surface area contributed by atoms with Gasteiger partial charge in [-0.2, -0.15) is 0 Å². The number of hydrogen-bond donors (Lipinski definition) is 3. The third kappa shape index (κ3) is 2.27. The molecule has 0 aliphatic carbocycles. The summed E-state index contributed by atoms with van der Waals surface area (Å²) in [5, 5.41) is 24.5. The molecule has 1 fully saturated rings. The van der Waals surface area contributed by atoms with Crippen LogP contribution in [-0.2, 0) is 10.5 Å². The van der Waals surface area contributed by atoms with Crippen molar-refractivity contribution in [3.63, 3.8) is 0 Å². The van der Waals surface area contributed by atoms with Crippen LogP contribution in [0.4, 0.5) is 0 Å². The second-order valence-corrected chi connectivity index (χ2v) is 5.96. The van der Waals surface area contributed by atoms with Crippen LogP contribution < -0.4 is 5.32 Å². The minimum Gasteiger partial charge on any atom is -0.370 e. The molecule has 18 heavy (non-hydrogen) atoms. The fourth-order valence-electron chi connectivity index (χ4n) is 2.27. The summed E-state index contributed by atoms with van der Waals surface area (Å²) in [6, 6.07) is 6.65. The van der Waals surface area contributed by atoms with Gasteiger partial charge in [0.25, 0.3) is 0 Å². The molecule has 4 nitrogen and oxygen atoms in total. The molecule has 2 atom stereocenters. The van der Waals surface area contributed by atoms with Crippen molar-refractivity contribution in [2.45, 2.75) is 37.8 Å². The van der Waals surface area contributed by atoms with E-state index >= 15 is 0 Å². The van der Waals surface area contributed by atoms with Gasteiger partial charge in [0, 0.05) is 16.1 Å². The van der Waals surface area contributed by atoms with E-state index in [1.165, 1.54) is 6.92 Å². The zero-order valence-electron chi connectivity index (χ0n) is 10.7. The zero-order chi connectivity index (χ0) is 13.6. The molecule has 0 radical (unpaired) electrons. The van der Waals surface area contributed by atoms with E-state index in [4.69, 9.17) is 16.3 Å². The van der Waals surface area contributed by atoms with Gasteiger partial charge >= 0.3 is 0 Å². The molecule has 0 saturated carbocycles. The van der Waals surface area contributed by atoms with Gasteiger partial charge in [0.1, 0.15) is 0 Å². The summed E-state index contributed by atoms with van der Waals surface area (Å²) in [5.41, 5.74) is -1.61. The molecule has 1 aliphatic heterocycles. The Labute approximate surface area is 112 Å². The Morgan fingerprint density at radius 3 is 2.50 bits per heavy atom. The Morgan fingerprint density at radius 1 is 1.28 bits per heavy atom. The van der Waals surface area contributed by atoms with E-state index in [0.29, 0.717) is 10.6 Å². The molecule has 0 bridgehead atoms. The van der Waals surface area contributed by atoms with Gasteiger partial charge in [-0.05, 0) is 32.9 Å². The Hall–Kier alpha value is -0.650. The van der Waals surface area contributed by atoms with Crippen molar-refractivity contribution in [2.24, 2.45) is 0 Å². The quantitative estimate of drug-likeness (QED) is 0.726. The van der Waals surface area contributed by atoms with Gasteiger partial charge in [-0.1, -0.05) is 23.7 Å². The normalized spacial score (nSPS) is 35.4. The van der Waals surface area contributed by atoms with Crippen LogP contribution in [0.1, 0.15) is 26.3 Å². The summed E-state index contributed by atoms with van der Waals surface area (Å²) in [4.78, 5) is 0. The molecule has 0 aromatic heterocycles. The van der Waals surface area contributed by atoms with Crippen LogP contribution in [0.25, 0.3) is 0 Å². The molecule has 1 aromatic carbocycles. The van der Waals surface area contributed by atoms with Gasteiger partial charge in [0.2, 0.25) is 5.79 Å². The van der Waals surface area contributed by atoms with Crippen LogP contribution in [0, 0.1) is 0 Å². The van der Waals surface area contributed by atoms with Crippen molar-refractivity contribution in [2.75, 3.05) is 6.61 Å². The van der Waals surface area contributed by atoms with E-state index in [-0.39, 0.29) is 6.61 Å². The number of benzene rings is 1. The van der Waals surface area contributed by atoms with Crippen LogP contribution in [0.2, 0.25) is 5.02 Å². The van der Waals surface area contributed by atoms with Crippen molar-refractivity contribution in [3.05, 3.63) is 34.9 Å². The molecule has 1 heterocycles. The lowest BCUT2D eigenvalue weighted by atomic mass is 9.89. The van der Waals surface area contributed by atoms with Crippen LogP contribution in [0.5, 0.6) is 0 Å². The van der Waals surface area contributed by atoms with E-state index in [9.17, 15) is 10.2 Å². The molecular weight excluding hydrogens is 254 g/mol. The summed E-state index contributed by atoms with van der Waals surface area (Å²) in [7, 11) is 0. The highest BCUT2D eigenvalue weighted by atomic mass is 35.5. The molecule has 2 unspecified atom stereocenters. The van der Waals surface area contributed by atoms with Crippen molar-refractivity contribution in [1.82, 2.24) is 5.32 Å². The van der Waals surface area contributed by atoms with Crippen LogP contribution in [-0.4, -0.2) is 28.1 Å². The average Bonchev–Trinajstić information content (AvgIpc) is 2.23. The van der Waals surface area contributed by atoms with E-state index in [1.54, 1.807) is 24.3 Å². The van der Waals surface area contributed by atoms with Crippen LogP contribution >= 0.6 is 11.6 Å². The number of rotatable bonds is 1. The minimum absolute atomic E-state index is 0.270. The predicted octanol–water partition coefficient (Wildman–Crippen LogP) is 1.59. The first kappa shape index (κ1) is 13.8. The highest BCUT2D eigenvalue weighted by Gasteiger charge is 2.55. The first-order chi connectivity index (χ1) is 8.16. The highest BCUT2D eigenvalue weighted by Crippen LogP contribution is 2.38. The second-order valence-electron chi connectivity index (χ2n) is 5.52. The fraction of sp³-hybridized carbons (Fsp3) is 0.538. The third-order valence-corrected chi connectivity index (χ3v) is 3.33. The summed E-state index contributed by atoms with van der Waals surface area (Å²) in [6.45, 7) is 5.53. The fourth-order valence-corrected chi connectivity index (χ4v) is 2.46. The van der Waals surface area contributed by atoms with Crippen LogP contribution in [0.15, 0.2) is 24.3 Å². The first-order valence-corrected chi connectivity index (χ1v) is 6.18. The molecule has 3 N–H and O–H groups in total. The zero-order valence-corrected chi connectivity index (χ0v) is 11.5. The lowest BCUT2D eigenvalue weighted by Gasteiger charge is -2.51. The van der Waals surface area contributed by atoms with Crippen molar-refractivity contribution < 1.29 is 14.9 Å². The lowest BCUT2D eigenvalue weighted by molar-refractivity contribution is -0.349. The average molecular weight is 272 g/mol. The maximum atomic E-state index is 10.6. The third-order valence-electron chi connectivity index (χ3n) is 3.10. The Bertz CT molecular complexity index is 461. The van der Waals surface area contributed by atoms with Gasteiger partial charge in [-0.25, -0.2) is 0 Å². The number of halogens is 1. The molecule has 0 spiro atoms. The molecule has 1 aromatic rings. The van der Waals surface area contributed by atoms with Crippen molar-refractivity contribution >= 4 is 11.6 Å². The Morgan fingerprint density at radius 2 is 1.94 bits per heavy atom. The number of morpholine rings is 1. The van der Waals surface area contributed by atoms with E-state index in [1.807, 2.05) is 13.8 Å². The molecule has 1 saturated heterocycles. The molecule has 100 valence electrons. The number of nitrogens with one attached hydrogen (secondary N) is 1. The first-order valence-electron chi connectivity index (χ1n) is 5.80. The van der Waals surface area contributed by atoms with Gasteiger partial charge in [0.05, 0.1) is 6.61 Å². The molecule has 0 amide bonds. The smallest absolute Gasteiger partial charge is 0.236 e. The number of ether oxygens (including phenoxy) is 1. The summed E-state index contributed by atoms with van der Waals surface area (Å²) in [5.74, 6) is -1.83. The minimum atomic E-state index is -1.83. The molecule has 1 aliphatic rings. The highest BCUT2D eigenvalue weighted by molar-refractivity contribution is 6.30. The summed E-state index contributed by atoms with van der Waals surface area (Å²) >= 11 is 5.91. The van der Waals surface area contributed by atoms with E-state index in [2.05, 4.69) is 5.32 Å².